The summed E-state index contributed by atoms with van der Waals surface area (Å²) in [6.07, 6.45) is 0.746. The number of nitriles is 1. The van der Waals surface area contributed by atoms with Crippen molar-refractivity contribution in [2.45, 2.75) is 25.4 Å². The number of hydrogen-bond donors (Lipinski definition) is 0. The average molecular weight is 460 g/mol. The molecule has 1 amide bonds. The summed E-state index contributed by atoms with van der Waals surface area (Å²) in [5, 5.41) is 9.49. The summed E-state index contributed by atoms with van der Waals surface area (Å²) in [7, 11) is 0. The highest BCUT2D eigenvalue weighted by molar-refractivity contribution is 9.10. The highest BCUT2D eigenvalue weighted by atomic mass is 79.9. The molecule has 0 spiro atoms. The van der Waals surface area contributed by atoms with Gasteiger partial charge in [-0.3, -0.25) is 4.79 Å². The fourth-order valence-electron chi connectivity index (χ4n) is 4.19. The molecule has 4 rings (SSSR count). The fraction of sp³-hybridized carbons (Fsp3) is 0.200. The Morgan fingerprint density at radius 3 is 2.43 bits per heavy atom. The zero-order valence-electron chi connectivity index (χ0n) is 16.7. The maximum atomic E-state index is 13.4. The van der Waals surface area contributed by atoms with Gasteiger partial charge in [0, 0.05) is 27.5 Å². The van der Waals surface area contributed by atoms with Crippen LogP contribution in [-0.4, -0.2) is 18.5 Å². The first-order chi connectivity index (χ1) is 14.6. The van der Waals surface area contributed by atoms with Gasteiger partial charge in [-0.2, -0.15) is 5.26 Å². The third-order valence-electron chi connectivity index (χ3n) is 5.58. The lowest BCUT2D eigenvalue weighted by Crippen LogP contribution is -2.46. The Kier molecular flexibility index (Phi) is 5.87. The predicted octanol–water partition coefficient (Wildman–Crippen LogP) is 5.96. The van der Waals surface area contributed by atoms with Gasteiger partial charge < -0.3 is 9.80 Å². The van der Waals surface area contributed by atoms with Crippen LogP contribution >= 0.6 is 15.9 Å². The van der Waals surface area contributed by atoms with Crippen LogP contribution in [0.4, 0.5) is 11.4 Å². The standard InChI is InChI=1S/C25H22BrN3O/c1-18-17-24(28(16-15-27)21-7-3-2-4-8-21)22-9-5-6-10-23(22)29(18)25(30)19-11-13-20(26)14-12-19/h2-14,18,24H,16-17H2,1H3. The number of nitrogens with zero attached hydrogens (tertiary/aromatic N) is 3. The molecular formula is C25H22BrN3O. The lowest BCUT2D eigenvalue weighted by Gasteiger charge is -2.43. The number of hydrogen-bond acceptors (Lipinski definition) is 3. The van der Waals surface area contributed by atoms with Crippen molar-refractivity contribution in [3.63, 3.8) is 0 Å². The van der Waals surface area contributed by atoms with E-state index in [1.54, 1.807) is 0 Å². The summed E-state index contributed by atoms with van der Waals surface area (Å²) < 4.78 is 0.946. The Morgan fingerprint density at radius 1 is 1.07 bits per heavy atom. The smallest absolute Gasteiger partial charge is 0.258 e. The van der Waals surface area contributed by atoms with Gasteiger partial charge in [-0.15, -0.1) is 0 Å². The molecule has 0 saturated heterocycles. The third-order valence-corrected chi connectivity index (χ3v) is 6.10. The topological polar surface area (TPSA) is 47.3 Å². The minimum Gasteiger partial charge on any atom is -0.351 e. The van der Waals surface area contributed by atoms with Gasteiger partial charge in [-0.25, -0.2) is 0 Å². The van der Waals surface area contributed by atoms with Crippen LogP contribution in [0.2, 0.25) is 0 Å². The highest BCUT2D eigenvalue weighted by Gasteiger charge is 2.36. The van der Waals surface area contributed by atoms with Crippen molar-refractivity contribution in [3.8, 4) is 6.07 Å². The van der Waals surface area contributed by atoms with E-state index in [9.17, 15) is 10.1 Å². The van der Waals surface area contributed by atoms with Crippen molar-refractivity contribution in [1.29, 1.82) is 5.26 Å². The van der Waals surface area contributed by atoms with Crippen LogP contribution < -0.4 is 9.80 Å². The zero-order valence-corrected chi connectivity index (χ0v) is 18.3. The van der Waals surface area contributed by atoms with E-state index < -0.39 is 0 Å². The Labute approximate surface area is 185 Å². The second-order valence-corrected chi connectivity index (χ2v) is 8.38. The molecule has 3 aromatic rings. The molecule has 0 bridgehead atoms. The van der Waals surface area contributed by atoms with Crippen LogP contribution in [0, 0.1) is 11.3 Å². The Hall–Kier alpha value is -3.10. The molecule has 0 radical (unpaired) electrons. The number of amides is 1. The van der Waals surface area contributed by atoms with E-state index in [-0.39, 0.29) is 24.5 Å². The van der Waals surface area contributed by atoms with Crippen molar-refractivity contribution in [1.82, 2.24) is 0 Å². The lowest BCUT2D eigenvalue weighted by atomic mass is 9.89. The molecule has 3 aromatic carbocycles. The molecule has 4 nitrogen and oxygen atoms in total. The maximum absolute atomic E-state index is 13.4. The van der Waals surface area contributed by atoms with Gasteiger partial charge in [-0.1, -0.05) is 52.3 Å². The molecule has 0 N–H and O–H groups in total. The number of para-hydroxylation sites is 2. The van der Waals surface area contributed by atoms with Gasteiger partial charge in [0.1, 0.15) is 6.54 Å². The minimum absolute atomic E-state index is 0.00700. The van der Waals surface area contributed by atoms with Crippen molar-refractivity contribution >= 4 is 33.2 Å². The number of carbonyl (C=O) groups excluding carboxylic acids is 1. The van der Waals surface area contributed by atoms with Crippen molar-refractivity contribution in [2.24, 2.45) is 0 Å². The summed E-state index contributed by atoms with van der Waals surface area (Å²) in [6, 6.07) is 27.9. The molecule has 0 aliphatic carbocycles. The first-order valence-electron chi connectivity index (χ1n) is 9.97. The quantitative estimate of drug-likeness (QED) is 0.452. The molecule has 2 atom stereocenters. The van der Waals surface area contributed by atoms with Gasteiger partial charge in [0.05, 0.1) is 12.1 Å². The van der Waals surface area contributed by atoms with Crippen LogP contribution in [0.25, 0.3) is 0 Å². The summed E-state index contributed by atoms with van der Waals surface area (Å²) in [6.45, 7) is 2.37. The van der Waals surface area contributed by atoms with E-state index in [2.05, 4.69) is 39.9 Å². The largest absolute Gasteiger partial charge is 0.351 e. The molecule has 1 aliphatic heterocycles. The van der Waals surface area contributed by atoms with Crippen molar-refractivity contribution in [3.05, 3.63) is 94.5 Å². The van der Waals surface area contributed by atoms with Gasteiger partial charge in [0.2, 0.25) is 0 Å². The van der Waals surface area contributed by atoms with E-state index in [4.69, 9.17) is 0 Å². The Morgan fingerprint density at radius 2 is 1.73 bits per heavy atom. The van der Waals surface area contributed by atoms with Crippen LogP contribution in [0.15, 0.2) is 83.3 Å². The molecule has 0 fully saturated rings. The van der Waals surface area contributed by atoms with E-state index >= 15 is 0 Å². The van der Waals surface area contributed by atoms with Gasteiger partial charge >= 0.3 is 0 Å². The summed E-state index contributed by atoms with van der Waals surface area (Å²) in [5.41, 5.74) is 3.65. The fourth-order valence-corrected chi connectivity index (χ4v) is 4.46. The number of rotatable bonds is 4. The number of anilines is 2. The summed E-state index contributed by atoms with van der Waals surface area (Å²) in [5.74, 6) is -0.00700. The third kappa shape index (κ3) is 3.83. The number of halogens is 1. The molecule has 1 heterocycles. The monoisotopic (exact) mass is 459 g/mol. The number of carbonyl (C=O) groups is 1. The van der Waals surface area contributed by atoms with E-state index in [1.165, 1.54) is 0 Å². The second-order valence-electron chi connectivity index (χ2n) is 7.46. The highest BCUT2D eigenvalue weighted by Crippen LogP contribution is 2.42. The average Bonchev–Trinajstić information content (AvgIpc) is 2.78. The van der Waals surface area contributed by atoms with Gasteiger partial charge in [-0.05, 0) is 61.4 Å². The second kappa shape index (κ2) is 8.73. The first kappa shape index (κ1) is 20.2. The Bertz CT molecular complexity index is 1080. The number of fused-ring (bicyclic) bond motifs is 1. The maximum Gasteiger partial charge on any atom is 0.258 e. The summed E-state index contributed by atoms with van der Waals surface area (Å²) in [4.78, 5) is 17.4. The normalized spacial score (nSPS) is 17.7. The van der Waals surface area contributed by atoms with Crippen molar-refractivity contribution < 1.29 is 4.79 Å². The SMILES string of the molecule is CC1CC(N(CC#N)c2ccccc2)c2ccccc2N1C(=O)c1ccc(Br)cc1. The van der Waals surface area contributed by atoms with Crippen LogP contribution in [0.3, 0.4) is 0 Å². The molecular weight excluding hydrogens is 438 g/mol. The summed E-state index contributed by atoms with van der Waals surface area (Å²) >= 11 is 3.43. The van der Waals surface area contributed by atoms with Crippen LogP contribution in [0.5, 0.6) is 0 Å². The van der Waals surface area contributed by atoms with E-state index in [0.29, 0.717) is 5.56 Å². The predicted molar refractivity (Wildman–Crippen MR) is 124 cm³/mol. The molecule has 5 heteroatoms. The van der Waals surface area contributed by atoms with Crippen LogP contribution in [0.1, 0.15) is 35.3 Å². The Balaban J connectivity index is 1.76. The van der Waals surface area contributed by atoms with E-state index in [1.807, 2.05) is 77.7 Å². The number of benzene rings is 3. The molecule has 0 saturated carbocycles. The lowest BCUT2D eigenvalue weighted by molar-refractivity contribution is 0.0973. The minimum atomic E-state index is -0.00838. The van der Waals surface area contributed by atoms with Gasteiger partial charge in [0.15, 0.2) is 0 Å². The zero-order chi connectivity index (χ0) is 21.1. The van der Waals surface area contributed by atoms with Crippen molar-refractivity contribution in [2.75, 3.05) is 16.3 Å². The van der Waals surface area contributed by atoms with E-state index in [0.717, 1.165) is 27.8 Å². The van der Waals surface area contributed by atoms with Gasteiger partial charge in [0.25, 0.3) is 5.91 Å². The van der Waals surface area contributed by atoms with Crippen LogP contribution in [-0.2, 0) is 0 Å². The molecule has 30 heavy (non-hydrogen) atoms. The molecule has 150 valence electrons. The first-order valence-corrected chi connectivity index (χ1v) is 10.8. The molecule has 2 unspecified atom stereocenters. The molecule has 1 aliphatic rings. The molecule has 0 aromatic heterocycles.